The Morgan fingerprint density at radius 3 is 2.88 bits per heavy atom. The Morgan fingerprint density at radius 2 is 2.25 bits per heavy atom. The summed E-state index contributed by atoms with van der Waals surface area (Å²) in [7, 11) is 0. The van der Waals surface area contributed by atoms with Gasteiger partial charge in [-0.1, -0.05) is 24.3 Å². The Bertz CT molecular complexity index is 289. The molecule has 1 atom stereocenters. The van der Waals surface area contributed by atoms with Crippen LogP contribution in [-0.4, -0.2) is 24.3 Å². The maximum Gasteiger partial charge on any atom is 0.0556 e. The monoisotopic (exact) mass is 221 g/mol. The minimum atomic E-state index is 0.210. The summed E-state index contributed by atoms with van der Waals surface area (Å²) in [5.74, 6) is 0. The average molecular weight is 221 g/mol. The van der Waals surface area contributed by atoms with Crippen LogP contribution in [0.25, 0.3) is 0 Å². The van der Waals surface area contributed by atoms with Crippen molar-refractivity contribution in [2.75, 3.05) is 13.2 Å². The maximum absolute atomic E-state index is 8.86. The molecule has 1 unspecified atom stereocenters. The number of allylic oxidation sites excluding steroid dienone is 4. The molecule has 2 nitrogen and oxygen atoms in total. The van der Waals surface area contributed by atoms with E-state index in [1.165, 1.54) is 30.4 Å². The fourth-order valence-electron chi connectivity index (χ4n) is 2.25. The summed E-state index contributed by atoms with van der Waals surface area (Å²) in [4.78, 5) is 0. The molecule has 1 fully saturated rings. The first-order chi connectivity index (χ1) is 7.83. The van der Waals surface area contributed by atoms with Gasteiger partial charge in [-0.25, -0.2) is 0 Å². The van der Waals surface area contributed by atoms with E-state index < -0.39 is 0 Å². The van der Waals surface area contributed by atoms with Crippen molar-refractivity contribution in [3.05, 3.63) is 35.5 Å². The Labute approximate surface area is 98.8 Å². The Hall–Kier alpha value is -0.860. The van der Waals surface area contributed by atoms with Gasteiger partial charge in [0.2, 0.25) is 0 Å². The molecule has 1 aliphatic rings. The summed E-state index contributed by atoms with van der Waals surface area (Å²) in [6.07, 6.45) is 12.1. The van der Waals surface area contributed by atoms with E-state index >= 15 is 0 Å². The number of rotatable bonds is 4. The predicted octanol–water partition coefficient (Wildman–Crippen LogP) is 2.57. The highest BCUT2D eigenvalue weighted by molar-refractivity contribution is 5.39. The average Bonchev–Trinajstić information content (AvgIpc) is 2.33. The van der Waals surface area contributed by atoms with Crippen LogP contribution in [0.4, 0.5) is 0 Å². The molecule has 1 rings (SSSR count). The molecule has 16 heavy (non-hydrogen) atoms. The highest BCUT2D eigenvalue weighted by Crippen LogP contribution is 2.29. The molecule has 0 saturated heterocycles. The molecule has 0 amide bonds. The molecule has 2 heteroatoms. The van der Waals surface area contributed by atoms with Crippen LogP contribution in [-0.2, 0) is 0 Å². The van der Waals surface area contributed by atoms with Gasteiger partial charge in [0.1, 0.15) is 0 Å². The van der Waals surface area contributed by atoms with Crippen LogP contribution in [0.2, 0.25) is 0 Å². The molecule has 0 heterocycles. The number of aliphatic hydroxyl groups excluding tert-OH is 1. The zero-order valence-corrected chi connectivity index (χ0v) is 10.4. The molecule has 0 bridgehead atoms. The molecule has 0 aliphatic heterocycles. The van der Waals surface area contributed by atoms with Crippen molar-refractivity contribution in [3.8, 4) is 0 Å². The number of nitrogens with one attached hydrogen (secondary N) is 1. The zero-order valence-electron chi connectivity index (χ0n) is 10.4. The Kier molecular flexibility index (Phi) is 6.12. The quantitative estimate of drug-likeness (QED) is 0.764. The van der Waals surface area contributed by atoms with E-state index in [1.807, 2.05) is 6.92 Å². The van der Waals surface area contributed by atoms with Gasteiger partial charge in [-0.3, -0.25) is 0 Å². The van der Waals surface area contributed by atoms with E-state index in [2.05, 4.69) is 36.5 Å². The van der Waals surface area contributed by atoms with Gasteiger partial charge in [0.05, 0.1) is 6.61 Å². The summed E-state index contributed by atoms with van der Waals surface area (Å²) >= 11 is 0. The molecule has 0 spiro atoms. The van der Waals surface area contributed by atoms with Crippen LogP contribution in [0.1, 0.15) is 33.1 Å². The molecule has 0 aromatic heterocycles. The molecule has 0 aromatic carbocycles. The first kappa shape index (κ1) is 13.2. The Morgan fingerprint density at radius 1 is 1.44 bits per heavy atom. The highest BCUT2D eigenvalue weighted by Gasteiger charge is 2.20. The smallest absolute Gasteiger partial charge is 0.0556 e. The lowest BCUT2D eigenvalue weighted by molar-refractivity contribution is 0.284. The highest BCUT2D eigenvalue weighted by atomic mass is 16.3. The van der Waals surface area contributed by atoms with Crippen molar-refractivity contribution < 1.29 is 5.11 Å². The van der Waals surface area contributed by atoms with Gasteiger partial charge in [-0.2, -0.15) is 0 Å². The van der Waals surface area contributed by atoms with Gasteiger partial charge < -0.3 is 10.4 Å². The third-order valence-corrected chi connectivity index (χ3v) is 2.99. The van der Waals surface area contributed by atoms with E-state index in [9.17, 15) is 0 Å². The number of hydrogen-bond acceptors (Lipinski definition) is 2. The molecular weight excluding hydrogens is 198 g/mol. The summed E-state index contributed by atoms with van der Waals surface area (Å²) in [5.41, 5.74) is 2.83. The molecule has 0 aromatic rings. The number of hydrogen-bond donors (Lipinski definition) is 2. The molecule has 0 radical (unpaired) electrons. The first-order valence-electron chi connectivity index (χ1n) is 6.16. The Balaban J connectivity index is 2.73. The standard InChI is InChI=1S/C14H23NO/c1-3-5-7-12-8-6-9-14(13(12)4-2)15-10-11-16/h3-5,7,14-16H,6,8-11H2,1-2H3/b5-3-,12-7-,13-4+. The second-order valence-corrected chi connectivity index (χ2v) is 4.08. The van der Waals surface area contributed by atoms with Gasteiger partial charge in [0.15, 0.2) is 0 Å². The van der Waals surface area contributed by atoms with E-state index in [-0.39, 0.29) is 6.61 Å². The van der Waals surface area contributed by atoms with Crippen molar-refractivity contribution in [1.82, 2.24) is 5.32 Å². The van der Waals surface area contributed by atoms with Gasteiger partial charge in [0.25, 0.3) is 0 Å². The topological polar surface area (TPSA) is 32.3 Å². The van der Waals surface area contributed by atoms with E-state index in [4.69, 9.17) is 5.11 Å². The van der Waals surface area contributed by atoms with Crippen molar-refractivity contribution in [3.63, 3.8) is 0 Å². The van der Waals surface area contributed by atoms with Gasteiger partial charge in [-0.15, -0.1) is 0 Å². The maximum atomic E-state index is 8.86. The van der Waals surface area contributed by atoms with Crippen molar-refractivity contribution in [1.29, 1.82) is 0 Å². The molecule has 2 N–H and O–H groups in total. The summed E-state index contributed by atoms with van der Waals surface area (Å²) in [6, 6.07) is 0.419. The fraction of sp³-hybridized carbons (Fsp3) is 0.571. The minimum absolute atomic E-state index is 0.210. The lowest BCUT2D eigenvalue weighted by Gasteiger charge is -2.28. The van der Waals surface area contributed by atoms with Crippen LogP contribution in [0.5, 0.6) is 0 Å². The zero-order chi connectivity index (χ0) is 11.8. The van der Waals surface area contributed by atoms with Crippen molar-refractivity contribution in [2.24, 2.45) is 0 Å². The summed E-state index contributed by atoms with van der Waals surface area (Å²) in [5, 5.41) is 12.3. The third-order valence-electron chi connectivity index (χ3n) is 2.99. The van der Waals surface area contributed by atoms with Crippen LogP contribution in [0.3, 0.4) is 0 Å². The van der Waals surface area contributed by atoms with Crippen molar-refractivity contribution >= 4 is 0 Å². The van der Waals surface area contributed by atoms with Crippen LogP contribution in [0.15, 0.2) is 35.5 Å². The number of aliphatic hydroxyl groups is 1. The van der Waals surface area contributed by atoms with Crippen LogP contribution in [0, 0.1) is 0 Å². The normalized spacial score (nSPS) is 27.1. The summed E-state index contributed by atoms with van der Waals surface area (Å²) in [6.45, 7) is 5.02. The largest absolute Gasteiger partial charge is 0.395 e. The van der Waals surface area contributed by atoms with E-state index in [1.54, 1.807) is 0 Å². The lowest BCUT2D eigenvalue weighted by Crippen LogP contribution is -2.35. The van der Waals surface area contributed by atoms with Crippen molar-refractivity contribution in [2.45, 2.75) is 39.2 Å². The molecule has 1 saturated carbocycles. The second-order valence-electron chi connectivity index (χ2n) is 4.08. The third kappa shape index (κ3) is 3.62. The first-order valence-corrected chi connectivity index (χ1v) is 6.16. The summed E-state index contributed by atoms with van der Waals surface area (Å²) < 4.78 is 0. The predicted molar refractivity (Wildman–Crippen MR) is 69.4 cm³/mol. The molecule has 90 valence electrons. The van der Waals surface area contributed by atoms with Crippen LogP contribution >= 0.6 is 0 Å². The van der Waals surface area contributed by atoms with E-state index in [0.717, 1.165) is 0 Å². The SMILES string of the molecule is C\C=C/C=C1/CCCC(NCCO)/C1=C/C. The van der Waals surface area contributed by atoms with E-state index in [0.29, 0.717) is 12.6 Å². The van der Waals surface area contributed by atoms with Crippen LogP contribution < -0.4 is 5.32 Å². The lowest BCUT2D eigenvalue weighted by atomic mass is 9.85. The minimum Gasteiger partial charge on any atom is -0.395 e. The van der Waals surface area contributed by atoms with Gasteiger partial charge in [0, 0.05) is 12.6 Å². The second kappa shape index (κ2) is 7.42. The molecule has 1 aliphatic carbocycles. The van der Waals surface area contributed by atoms with Gasteiger partial charge in [-0.05, 0) is 44.3 Å². The fourth-order valence-corrected chi connectivity index (χ4v) is 2.25. The van der Waals surface area contributed by atoms with Gasteiger partial charge >= 0.3 is 0 Å². The molecular formula is C14H23NO.